The highest BCUT2D eigenvalue weighted by molar-refractivity contribution is 5.95. The van der Waals surface area contributed by atoms with Crippen LogP contribution in [0.25, 0.3) is 0 Å². The summed E-state index contributed by atoms with van der Waals surface area (Å²) in [6.45, 7) is 3.05. The summed E-state index contributed by atoms with van der Waals surface area (Å²) in [6, 6.07) is 18.7. The van der Waals surface area contributed by atoms with E-state index in [0.717, 1.165) is 16.8 Å². The number of methoxy groups -OCH3 is 2. The smallest absolute Gasteiger partial charge is 0.253 e. The van der Waals surface area contributed by atoms with Gasteiger partial charge in [-0.25, -0.2) is 0 Å². The molecule has 0 aliphatic carbocycles. The number of carbonyl (C=O) groups is 2. The van der Waals surface area contributed by atoms with Gasteiger partial charge in [-0.1, -0.05) is 29.8 Å². The minimum absolute atomic E-state index is 0.0856. The number of hydrogen-bond donors (Lipinski definition) is 1. The van der Waals surface area contributed by atoms with Crippen LogP contribution in [-0.2, 0) is 11.3 Å². The zero-order chi connectivity index (χ0) is 24.1. The molecule has 1 aliphatic rings. The van der Waals surface area contributed by atoms with E-state index in [1.165, 1.54) is 0 Å². The van der Waals surface area contributed by atoms with Gasteiger partial charge in [-0.2, -0.15) is 0 Å². The van der Waals surface area contributed by atoms with E-state index in [0.29, 0.717) is 36.7 Å². The van der Waals surface area contributed by atoms with Crippen LogP contribution in [0.5, 0.6) is 11.5 Å². The van der Waals surface area contributed by atoms with Crippen LogP contribution < -0.4 is 14.8 Å². The first-order valence-electron chi connectivity index (χ1n) is 11.3. The fraction of sp³-hybridized carbons (Fsp3) is 0.296. The maximum atomic E-state index is 13.3. The minimum Gasteiger partial charge on any atom is -0.497 e. The van der Waals surface area contributed by atoms with Crippen molar-refractivity contribution in [2.75, 3.05) is 27.3 Å². The average Bonchev–Trinajstić information content (AvgIpc) is 3.33. The molecule has 2 amide bonds. The molecule has 2 heterocycles. The summed E-state index contributed by atoms with van der Waals surface area (Å²) in [5.41, 5.74) is 3.35. The number of aryl methyl sites for hydroxylation is 1. The molecule has 2 aromatic carbocycles. The number of pyridine rings is 1. The Kier molecular flexibility index (Phi) is 7.11. The van der Waals surface area contributed by atoms with Crippen molar-refractivity contribution in [1.29, 1.82) is 0 Å². The summed E-state index contributed by atoms with van der Waals surface area (Å²) in [6.07, 6.45) is 1.70. The molecule has 0 spiro atoms. The standard InChI is InChI=1S/C27H29N3O4/c1-18-7-9-19(10-8-18)27(32)30-16-23(22-12-11-21(33-2)14-25(22)34-3)24(17-30)26(31)29-15-20-6-4-5-13-28-20/h4-14,23-24H,15-17H2,1-3H3,(H,29,31). The molecule has 1 N–H and O–H groups in total. The van der Waals surface area contributed by atoms with Gasteiger partial charge in [0.15, 0.2) is 0 Å². The van der Waals surface area contributed by atoms with Crippen molar-refractivity contribution in [2.24, 2.45) is 5.92 Å². The monoisotopic (exact) mass is 459 g/mol. The molecule has 7 heteroatoms. The Hall–Kier alpha value is -3.87. The number of hydrogen-bond acceptors (Lipinski definition) is 5. The molecule has 1 fully saturated rings. The van der Waals surface area contributed by atoms with Crippen molar-refractivity contribution in [3.05, 3.63) is 89.2 Å². The molecule has 0 radical (unpaired) electrons. The molecule has 2 unspecified atom stereocenters. The van der Waals surface area contributed by atoms with Gasteiger partial charge in [-0.15, -0.1) is 0 Å². The van der Waals surface area contributed by atoms with E-state index >= 15 is 0 Å². The van der Waals surface area contributed by atoms with Gasteiger partial charge in [0, 0.05) is 42.4 Å². The van der Waals surface area contributed by atoms with Crippen LogP contribution in [0.15, 0.2) is 66.9 Å². The predicted molar refractivity (Wildman–Crippen MR) is 129 cm³/mol. The summed E-state index contributed by atoms with van der Waals surface area (Å²) < 4.78 is 11.0. The van der Waals surface area contributed by atoms with Crippen LogP contribution in [0.1, 0.15) is 33.1 Å². The Morgan fingerprint density at radius 1 is 1.03 bits per heavy atom. The van der Waals surface area contributed by atoms with Crippen LogP contribution in [0.3, 0.4) is 0 Å². The van der Waals surface area contributed by atoms with E-state index in [2.05, 4.69) is 10.3 Å². The number of aromatic nitrogens is 1. The van der Waals surface area contributed by atoms with E-state index in [9.17, 15) is 9.59 Å². The predicted octanol–water partition coefficient (Wildman–Crippen LogP) is 3.58. The van der Waals surface area contributed by atoms with Gasteiger partial charge in [0.25, 0.3) is 5.91 Å². The molecule has 176 valence electrons. The lowest BCUT2D eigenvalue weighted by molar-refractivity contribution is -0.125. The topological polar surface area (TPSA) is 80.8 Å². The van der Waals surface area contributed by atoms with Crippen LogP contribution in [0.2, 0.25) is 0 Å². The van der Waals surface area contributed by atoms with Crippen molar-refractivity contribution in [3.8, 4) is 11.5 Å². The second kappa shape index (κ2) is 10.4. The van der Waals surface area contributed by atoms with E-state index in [1.807, 2.05) is 67.6 Å². The van der Waals surface area contributed by atoms with Crippen molar-refractivity contribution >= 4 is 11.8 Å². The quantitative estimate of drug-likeness (QED) is 0.584. The number of nitrogens with zero attached hydrogens (tertiary/aromatic N) is 2. The Morgan fingerprint density at radius 2 is 1.82 bits per heavy atom. The maximum absolute atomic E-state index is 13.3. The van der Waals surface area contributed by atoms with Gasteiger partial charge in [0.05, 0.1) is 32.4 Å². The molecular formula is C27H29N3O4. The van der Waals surface area contributed by atoms with Crippen LogP contribution in [0, 0.1) is 12.8 Å². The fourth-order valence-corrected chi connectivity index (χ4v) is 4.37. The molecule has 1 aliphatic heterocycles. The third-order valence-corrected chi connectivity index (χ3v) is 6.25. The number of nitrogens with one attached hydrogen (secondary N) is 1. The van der Waals surface area contributed by atoms with E-state index in [4.69, 9.17) is 9.47 Å². The third-order valence-electron chi connectivity index (χ3n) is 6.25. The highest BCUT2D eigenvalue weighted by atomic mass is 16.5. The SMILES string of the molecule is COc1ccc(C2CN(C(=O)c3ccc(C)cc3)CC2C(=O)NCc2ccccn2)c(OC)c1. The molecule has 0 bridgehead atoms. The van der Waals surface area contributed by atoms with Gasteiger partial charge in [0.1, 0.15) is 11.5 Å². The second-order valence-electron chi connectivity index (χ2n) is 8.44. The molecule has 0 saturated carbocycles. The Morgan fingerprint density at radius 3 is 2.50 bits per heavy atom. The molecule has 1 saturated heterocycles. The molecular weight excluding hydrogens is 430 g/mol. The molecule has 4 rings (SSSR count). The normalized spacial score (nSPS) is 17.3. The molecule has 7 nitrogen and oxygen atoms in total. The first-order valence-corrected chi connectivity index (χ1v) is 11.3. The molecule has 1 aromatic heterocycles. The largest absolute Gasteiger partial charge is 0.497 e. The first kappa shape index (κ1) is 23.3. The van der Waals surface area contributed by atoms with Gasteiger partial charge in [-0.3, -0.25) is 14.6 Å². The maximum Gasteiger partial charge on any atom is 0.253 e. The van der Waals surface area contributed by atoms with Crippen molar-refractivity contribution in [3.63, 3.8) is 0 Å². The van der Waals surface area contributed by atoms with E-state index in [1.54, 1.807) is 25.3 Å². The number of amides is 2. The van der Waals surface area contributed by atoms with Crippen LogP contribution >= 0.6 is 0 Å². The highest BCUT2D eigenvalue weighted by Crippen LogP contribution is 2.39. The highest BCUT2D eigenvalue weighted by Gasteiger charge is 2.41. The lowest BCUT2D eigenvalue weighted by Crippen LogP contribution is -2.35. The number of carbonyl (C=O) groups excluding carboxylic acids is 2. The van der Waals surface area contributed by atoms with Crippen LogP contribution in [0.4, 0.5) is 0 Å². The number of ether oxygens (including phenoxy) is 2. The minimum atomic E-state index is -0.430. The third kappa shape index (κ3) is 5.03. The first-order chi connectivity index (χ1) is 16.5. The van der Waals surface area contributed by atoms with Gasteiger partial charge < -0.3 is 19.7 Å². The number of likely N-dealkylation sites (tertiary alicyclic amines) is 1. The van der Waals surface area contributed by atoms with Crippen molar-refractivity contribution < 1.29 is 19.1 Å². The fourth-order valence-electron chi connectivity index (χ4n) is 4.37. The number of rotatable bonds is 7. The average molecular weight is 460 g/mol. The summed E-state index contributed by atoms with van der Waals surface area (Å²) in [5, 5.41) is 3.00. The summed E-state index contributed by atoms with van der Waals surface area (Å²) in [5.74, 6) is 0.448. The van der Waals surface area contributed by atoms with Gasteiger partial charge in [-0.05, 0) is 37.3 Å². The van der Waals surface area contributed by atoms with Gasteiger partial charge in [0.2, 0.25) is 5.91 Å². The Bertz CT molecular complexity index is 1150. The van der Waals surface area contributed by atoms with Crippen molar-refractivity contribution in [1.82, 2.24) is 15.2 Å². The summed E-state index contributed by atoms with van der Waals surface area (Å²) in [7, 11) is 3.19. The van der Waals surface area contributed by atoms with E-state index in [-0.39, 0.29) is 17.7 Å². The van der Waals surface area contributed by atoms with Crippen molar-refractivity contribution in [2.45, 2.75) is 19.4 Å². The summed E-state index contributed by atoms with van der Waals surface area (Å²) in [4.78, 5) is 32.6. The Balaban J connectivity index is 1.61. The van der Waals surface area contributed by atoms with Gasteiger partial charge >= 0.3 is 0 Å². The summed E-state index contributed by atoms with van der Waals surface area (Å²) >= 11 is 0. The molecule has 2 atom stereocenters. The zero-order valence-corrected chi connectivity index (χ0v) is 19.7. The number of benzene rings is 2. The molecule has 34 heavy (non-hydrogen) atoms. The molecule has 3 aromatic rings. The van der Waals surface area contributed by atoms with Crippen LogP contribution in [-0.4, -0.2) is 49.0 Å². The lowest BCUT2D eigenvalue weighted by atomic mass is 9.87. The second-order valence-corrected chi connectivity index (χ2v) is 8.44. The van der Waals surface area contributed by atoms with E-state index < -0.39 is 5.92 Å². The zero-order valence-electron chi connectivity index (χ0n) is 19.7. The lowest BCUT2D eigenvalue weighted by Gasteiger charge is -2.21. The Labute approximate surface area is 199 Å².